The first-order chi connectivity index (χ1) is 15.0. The minimum Gasteiger partial charge on any atom is -0.497 e. The van der Waals surface area contributed by atoms with Crippen LogP contribution in [0.15, 0.2) is 48.5 Å². The summed E-state index contributed by atoms with van der Waals surface area (Å²) in [5.41, 5.74) is -5.43. The van der Waals surface area contributed by atoms with E-state index in [-0.39, 0.29) is 28.0 Å². The number of ether oxygens (including phenoxy) is 3. The monoisotopic (exact) mass is 456 g/mol. The third-order valence-corrected chi connectivity index (χ3v) is 5.36. The van der Waals surface area contributed by atoms with Gasteiger partial charge in [-0.2, -0.15) is 26.3 Å². The Hall–Kier alpha value is -3.27. The molecule has 1 atom stereocenters. The fourth-order valence-electron chi connectivity index (χ4n) is 3.96. The van der Waals surface area contributed by atoms with Gasteiger partial charge in [0, 0.05) is 29.2 Å². The third kappa shape index (κ3) is 3.01. The Bertz CT molecular complexity index is 1230. The van der Waals surface area contributed by atoms with Gasteiger partial charge in [0.25, 0.3) is 5.78 Å². The number of methoxy groups -OCH3 is 2. The van der Waals surface area contributed by atoms with Gasteiger partial charge in [0.2, 0.25) is 5.60 Å². The van der Waals surface area contributed by atoms with Crippen LogP contribution in [0.5, 0.6) is 17.2 Å². The van der Waals surface area contributed by atoms with Gasteiger partial charge in [0.05, 0.1) is 7.11 Å². The van der Waals surface area contributed by atoms with Crippen LogP contribution in [0.2, 0.25) is 0 Å². The lowest BCUT2D eigenvalue weighted by molar-refractivity contribution is -0.260. The van der Waals surface area contributed by atoms with Crippen LogP contribution in [0.3, 0.4) is 0 Å². The van der Waals surface area contributed by atoms with Gasteiger partial charge >= 0.3 is 12.4 Å². The molecule has 168 valence electrons. The first kappa shape index (κ1) is 21.9. The van der Waals surface area contributed by atoms with E-state index in [9.17, 15) is 31.1 Å². The number of alkyl halides is 6. The largest absolute Gasteiger partial charge is 0.497 e. The summed E-state index contributed by atoms with van der Waals surface area (Å²) in [5.74, 6) is -2.79. The van der Waals surface area contributed by atoms with Crippen molar-refractivity contribution in [3.05, 3.63) is 65.2 Å². The molecule has 32 heavy (non-hydrogen) atoms. The number of hydrogen-bond donors (Lipinski definition) is 0. The molecule has 4 rings (SSSR count). The number of carbonyl (C=O) groups excluding carboxylic acids is 1. The average molecular weight is 456 g/mol. The molecule has 1 aliphatic heterocycles. The van der Waals surface area contributed by atoms with Crippen LogP contribution < -0.4 is 9.47 Å². The second-order valence-electron chi connectivity index (χ2n) is 7.02. The molecule has 0 amide bonds. The summed E-state index contributed by atoms with van der Waals surface area (Å²) in [5, 5.41) is -0.289. The van der Waals surface area contributed by atoms with Gasteiger partial charge in [-0.15, -0.1) is 0 Å². The lowest BCUT2D eigenvalue weighted by atomic mass is 9.79. The molecule has 0 radical (unpaired) electrons. The van der Waals surface area contributed by atoms with Crippen molar-refractivity contribution < 1.29 is 45.3 Å². The number of halogens is 6. The molecule has 1 unspecified atom stereocenters. The normalized spacial score (nSPS) is 18.0. The molecular formula is C22H14F6O4. The molecule has 0 aromatic heterocycles. The molecular weight excluding hydrogens is 442 g/mol. The zero-order valence-corrected chi connectivity index (χ0v) is 16.5. The minimum absolute atomic E-state index is 0.0499. The molecule has 0 bridgehead atoms. The van der Waals surface area contributed by atoms with Gasteiger partial charge in [-0.3, -0.25) is 4.79 Å². The van der Waals surface area contributed by atoms with Crippen LogP contribution in [-0.2, 0) is 10.3 Å². The Morgan fingerprint density at radius 2 is 1.56 bits per heavy atom. The maximum Gasteiger partial charge on any atom is 0.454 e. The molecule has 0 saturated carbocycles. The van der Waals surface area contributed by atoms with Gasteiger partial charge in [-0.1, -0.05) is 24.3 Å². The molecule has 3 aromatic rings. The highest BCUT2D eigenvalue weighted by Gasteiger charge is 2.63. The number of carbonyl (C=O) groups is 1. The first-order valence-electron chi connectivity index (χ1n) is 9.11. The van der Waals surface area contributed by atoms with E-state index in [1.165, 1.54) is 43.5 Å². The second-order valence-corrected chi connectivity index (χ2v) is 7.02. The van der Waals surface area contributed by atoms with Crippen molar-refractivity contribution >= 4 is 16.6 Å². The van der Waals surface area contributed by atoms with E-state index in [4.69, 9.17) is 14.2 Å². The first-order valence-corrected chi connectivity index (χ1v) is 9.11. The molecule has 4 nitrogen and oxygen atoms in total. The van der Waals surface area contributed by atoms with Crippen LogP contribution in [0.4, 0.5) is 26.3 Å². The Kier molecular flexibility index (Phi) is 4.89. The fourth-order valence-corrected chi connectivity index (χ4v) is 3.96. The lowest BCUT2D eigenvalue weighted by Crippen LogP contribution is -2.47. The molecule has 0 aliphatic carbocycles. The van der Waals surface area contributed by atoms with Gasteiger partial charge in [0.15, 0.2) is 0 Å². The maximum atomic E-state index is 14.6. The summed E-state index contributed by atoms with van der Waals surface area (Å²) in [6.07, 6.45) is -10.4. The SMILES string of the molecule is COc1ccc2c(c1)C(OC)(C(F)(F)F)c1cc(C(=O)C(F)(F)F)c3ccccc3c1O2. The summed E-state index contributed by atoms with van der Waals surface area (Å²) in [7, 11) is 2.03. The topological polar surface area (TPSA) is 44.8 Å². The highest BCUT2D eigenvalue weighted by Crippen LogP contribution is 2.58. The molecule has 3 aromatic carbocycles. The van der Waals surface area contributed by atoms with E-state index >= 15 is 0 Å². The summed E-state index contributed by atoms with van der Waals surface area (Å²) >= 11 is 0. The van der Waals surface area contributed by atoms with Crippen molar-refractivity contribution in [2.24, 2.45) is 0 Å². The Morgan fingerprint density at radius 1 is 0.906 bits per heavy atom. The summed E-state index contributed by atoms with van der Waals surface area (Å²) in [6.45, 7) is 0. The van der Waals surface area contributed by atoms with Gasteiger partial charge in [-0.05, 0) is 29.7 Å². The van der Waals surface area contributed by atoms with Gasteiger partial charge in [0.1, 0.15) is 17.2 Å². The highest BCUT2D eigenvalue weighted by molar-refractivity contribution is 6.12. The Morgan fingerprint density at radius 3 is 2.12 bits per heavy atom. The molecule has 1 heterocycles. The predicted molar refractivity (Wildman–Crippen MR) is 101 cm³/mol. The summed E-state index contributed by atoms with van der Waals surface area (Å²) in [4.78, 5) is 12.2. The van der Waals surface area contributed by atoms with Crippen molar-refractivity contribution in [3.63, 3.8) is 0 Å². The average Bonchev–Trinajstić information content (AvgIpc) is 2.74. The molecule has 0 fully saturated rings. The molecule has 0 saturated heterocycles. The standard InChI is InChI=1S/C22H14F6O4/c1-30-11-7-8-17-15(9-11)20(31-2,22(26,27)28)16-10-14(19(29)21(23,24)25)12-5-3-4-6-13(12)18(16)32-17/h3-10H,1-2H3. The number of Topliss-reactive ketones (excluding diaryl/α,β-unsaturated/α-hetero) is 1. The van der Waals surface area contributed by atoms with E-state index in [2.05, 4.69) is 0 Å². The molecule has 0 spiro atoms. The quantitative estimate of drug-likeness (QED) is 0.350. The van der Waals surface area contributed by atoms with E-state index < -0.39 is 40.4 Å². The second kappa shape index (κ2) is 7.13. The Labute approximate surface area is 177 Å². The van der Waals surface area contributed by atoms with Crippen molar-refractivity contribution in [1.82, 2.24) is 0 Å². The summed E-state index contributed by atoms with van der Waals surface area (Å²) in [6, 6.07) is 9.50. The van der Waals surface area contributed by atoms with Crippen LogP contribution in [0.1, 0.15) is 21.5 Å². The summed E-state index contributed by atoms with van der Waals surface area (Å²) < 4.78 is 99.5. The highest BCUT2D eigenvalue weighted by atomic mass is 19.4. The predicted octanol–water partition coefficient (Wildman–Crippen LogP) is 6.15. The van der Waals surface area contributed by atoms with Crippen LogP contribution in [-0.4, -0.2) is 32.4 Å². The number of benzene rings is 3. The van der Waals surface area contributed by atoms with Gasteiger partial charge in [-0.25, -0.2) is 0 Å². The third-order valence-electron chi connectivity index (χ3n) is 5.36. The van der Waals surface area contributed by atoms with Crippen molar-refractivity contribution in [2.45, 2.75) is 18.0 Å². The van der Waals surface area contributed by atoms with Crippen molar-refractivity contribution in [3.8, 4) is 17.2 Å². The lowest BCUT2D eigenvalue weighted by Gasteiger charge is -2.40. The zero-order chi connectivity index (χ0) is 23.5. The Balaban J connectivity index is 2.17. The van der Waals surface area contributed by atoms with Crippen molar-refractivity contribution in [2.75, 3.05) is 14.2 Å². The fraction of sp³-hybridized carbons (Fsp3) is 0.227. The molecule has 1 aliphatic rings. The van der Waals surface area contributed by atoms with Crippen LogP contribution in [0.25, 0.3) is 10.8 Å². The zero-order valence-electron chi connectivity index (χ0n) is 16.5. The number of hydrogen-bond acceptors (Lipinski definition) is 4. The molecule has 0 N–H and O–H groups in total. The van der Waals surface area contributed by atoms with Crippen molar-refractivity contribution in [1.29, 1.82) is 0 Å². The van der Waals surface area contributed by atoms with Crippen LogP contribution >= 0.6 is 0 Å². The smallest absolute Gasteiger partial charge is 0.454 e. The number of ketones is 1. The maximum absolute atomic E-state index is 14.6. The van der Waals surface area contributed by atoms with Crippen LogP contribution in [0, 0.1) is 0 Å². The van der Waals surface area contributed by atoms with E-state index in [0.717, 1.165) is 13.2 Å². The molecule has 10 heteroatoms. The van der Waals surface area contributed by atoms with E-state index in [1.54, 1.807) is 0 Å². The van der Waals surface area contributed by atoms with Gasteiger partial charge < -0.3 is 14.2 Å². The minimum atomic E-state index is -5.30. The number of rotatable bonds is 3. The van der Waals surface area contributed by atoms with E-state index in [1.807, 2.05) is 0 Å². The van der Waals surface area contributed by atoms with E-state index in [0.29, 0.717) is 6.07 Å². The number of fused-ring (bicyclic) bond motifs is 4.